The highest BCUT2D eigenvalue weighted by Gasteiger charge is 2.19. The van der Waals surface area contributed by atoms with Gasteiger partial charge >= 0.3 is 6.01 Å². The van der Waals surface area contributed by atoms with Crippen molar-refractivity contribution in [1.29, 1.82) is 0 Å². The Labute approximate surface area is 172 Å². The summed E-state index contributed by atoms with van der Waals surface area (Å²) in [5.74, 6) is 1.11. The van der Waals surface area contributed by atoms with Gasteiger partial charge in [-0.05, 0) is 38.3 Å². The number of anilines is 4. The molecule has 1 aliphatic heterocycles. The van der Waals surface area contributed by atoms with E-state index >= 15 is 0 Å². The zero-order chi connectivity index (χ0) is 20.4. The smallest absolute Gasteiger partial charge is 0.302 e. The van der Waals surface area contributed by atoms with Gasteiger partial charge < -0.3 is 14.6 Å². The number of hydrogen-bond donors (Lipinski definition) is 2. The first-order valence-electron chi connectivity index (χ1n) is 9.26. The van der Waals surface area contributed by atoms with E-state index in [1.807, 2.05) is 19.1 Å². The first-order chi connectivity index (χ1) is 14.0. The number of aromatic nitrogens is 4. The van der Waals surface area contributed by atoms with Gasteiger partial charge in [0.2, 0.25) is 17.7 Å². The molecule has 150 valence electrons. The molecule has 0 unspecified atom stereocenters. The Balaban J connectivity index is 1.49. The predicted molar refractivity (Wildman–Crippen MR) is 110 cm³/mol. The molecular weight excluding hydrogens is 394 g/mol. The molecule has 2 aromatic heterocycles. The third-order valence-corrected chi connectivity index (χ3v) is 4.85. The molecule has 1 aliphatic rings. The Hall–Kier alpha value is -3.20. The van der Waals surface area contributed by atoms with Crippen LogP contribution < -0.4 is 15.5 Å². The van der Waals surface area contributed by atoms with Gasteiger partial charge in [-0.3, -0.25) is 10.1 Å². The van der Waals surface area contributed by atoms with Gasteiger partial charge in [-0.15, -0.1) is 0 Å². The van der Waals surface area contributed by atoms with Crippen LogP contribution in [-0.2, 0) is 0 Å². The van der Waals surface area contributed by atoms with Crippen molar-refractivity contribution in [2.75, 3.05) is 28.6 Å². The normalized spacial score (nSPS) is 13.6. The largest absolute Gasteiger partial charge is 0.418 e. The maximum Gasteiger partial charge on any atom is 0.302 e. The molecule has 0 radical (unpaired) electrons. The van der Waals surface area contributed by atoms with Crippen molar-refractivity contribution in [3.63, 3.8) is 0 Å². The van der Waals surface area contributed by atoms with Gasteiger partial charge in [-0.25, -0.2) is 4.98 Å². The number of nitrogens with one attached hydrogen (secondary N) is 2. The number of carbonyl (C=O) groups is 1. The maximum atomic E-state index is 12.5. The number of rotatable bonds is 5. The van der Waals surface area contributed by atoms with E-state index in [2.05, 4.69) is 35.5 Å². The van der Waals surface area contributed by atoms with E-state index in [0.29, 0.717) is 28.4 Å². The molecule has 2 N–H and O–H groups in total. The lowest BCUT2D eigenvalue weighted by molar-refractivity contribution is 0.0997. The number of aryl methyl sites for hydroxylation is 2. The first-order valence-corrected chi connectivity index (χ1v) is 9.64. The van der Waals surface area contributed by atoms with Crippen molar-refractivity contribution >= 4 is 41.1 Å². The fourth-order valence-corrected chi connectivity index (χ4v) is 3.35. The Morgan fingerprint density at radius 2 is 1.97 bits per heavy atom. The van der Waals surface area contributed by atoms with Gasteiger partial charge in [0.05, 0.1) is 16.9 Å². The highest BCUT2D eigenvalue weighted by Crippen LogP contribution is 2.26. The lowest BCUT2D eigenvalue weighted by Gasteiger charge is -2.15. The Morgan fingerprint density at radius 3 is 2.72 bits per heavy atom. The summed E-state index contributed by atoms with van der Waals surface area (Å²) in [5, 5.41) is 6.10. The molecule has 4 rings (SSSR count). The number of benzene rings is 1. The van der Waals surface area contributed by atoms with Gasteiger partial charge in [0, 0.05) is 13.1 Å². The molecule has 10 heteroatoms. The third-order valence-electron chi connectivity index (χ3n) is 4.53. The lowest BCUT2D eigenvalue weighted by atomic mass is 10.2. The number of oxazole rings is 1. The van der Waals surface area contributed by atoms with Gasteiger partial charge in [0.15, 0.2) is 0 Å². The van der Waals surface area contributed by atoms with Gasteiger partial charge in [-0.1, -0.05) is 23.7 Å². The number of nitrogens with zero attached hydrogens (tertiary/aromatic N) is 5. The number of para-hydroxylation sites is 1. The molecule has 29 heavy (non-hydrogen) atoms. The van der Waals surface area contributed by atoms with Gasteiger partial charge in [0.1, 0.15) is 5.82 Å². The predicted octanol–water partition coefficient (Wildman–Crippen LogP) is 3.73. The molecule has 1 saturated heterocycles. The molecule has 0 aliphatic carbocycles. The van der Waals surface area contributed by atoms with Crippen LogP contribution in [0.5, 0.6) is 0 Å². The average molecular weight is 414 g/mol. The van der Waals surface area contributed by atoms with Crippen molar-refractivity contribution in [3.05, 3.63) is 46.6 Å². The van der Waals surface area contributed by atoms with Crippen LogP contribution in [-0.4, -0.2) is 38.9 Å². The van der Waals surface area contributed by atoms with Crippen molar-refractivity contribution in [2.24, 2.45) is 0 Å². The number of halogens is 1. The maximum absolute atomic E-state index is 12.5. The van der Waals surface area contributed by atoms with E-state index in [1.165, 1.54) is 6.20 Å². The van der Waals surface area contributed by atoms with Crippen LogP contribution in [0.15, 0.2) is 28.8 Å². The molecule has 1 aromatic carbocycles. The molecule has 1 fully saturated rings. The SMILES string of the molecule is Cc1nc(Nc2ncc(C(=O)Nc3c(C)cccc3Cl)o2)nc(N2CCCC2)n1. The summed E-state index contributed by atoms with van der Waals surface area (Å²) in [7, 11) is 0. The Kier molecular flexibility index (Phi) is 5.30. The van der Waals surface area contributed by atoms with Crippen LogP contribution in [0, 0.1) is 13.8 Å². The standard InChI is InChI=1S/C19H20ClN7O2/c1-11-6-5-7-13(20)15(11)24-16(28)14-10-21-19(29-14)26-17-22-12(2)23-18(25-17)27-8-3-4-9-27/h5-7,10H,3-4,8-9H2,1-2H3,(H,24,28)(H,21,22,23,25,26). The molecule has 9 nitrogen and oxygen atoms in total. The first kappa shape index (κ1) is 19.1. The minimum absolute atomic E-state index is 0.0392. The van der Waals surface area contributed by atoms with E-state index in [9.17, 15) is 4.79 Å². The van der Waals surface area contributed by atoms with E-state index < -0.39 is 5.91 Å². The van der Waals surface area contributed by atoms with Gasteiger partial charge in [0.25, 0.3) is 5.91 Å². The minimum Gasteiger partial charge on any atom is -0.418 e. The molecule has 3 heterocycles. The average Bonchev–Trinajstić information content (AvgIpc) is 3.36. The van der Waals surface area contributed by atoms with E-state index in [4.69, 9.17) is 16.0 Å². The highest BCUT2D eigenvalue weighted by molar-refractivity contribution is 6.34. The van der Waals surface area contributed by atoms with Crippen LogP contribution in [0.3, 0.4) is 0 Å². The monoisotopic (exact) mass is 413 g/mol. The summed E-state index contributed by atoms with van der Waals surface area (Å²) < 4.78 is 5.52. The number of hydrogen-bond acceptors (Lipinski definition) is 8. The molecule has 0 atom stereocenters. The summed E-state index contributed by atoms with van der Waals surface area (Å²) in [6.45, 7) is 5.50. The summed E-state index contributed by atoms with van der Waals surface area (Å²) >= 11 is 6.16. The van der Waals surface area contributed by atoms with E-state index in [1.54, 1.807) is 13.0 Å². The lowest BCUT2D eigenvalue weighted by Crippen LogP contribution is -2.21. The quantitative estimate of drug-likeness (QED) is 0.651. The van der Waals surface area contributed by atoms with Crippen LogP contribution in [0.25, 0.3) is 0 Å². The highest BCUT2D eigenvalue weighted by atomic mass is 35.5. The molecule has 1 amide bonds. The van der Waals surface area contributed by atoms with Crippen molar-refractivity contribution < 1.29 is 9.21 Å². The number of amides is 1. The molecular formula is C19H20ClN7O2. The molecule has 0 saturated carbocycles. The fraction of sp³-hybridized carbons (Fsp3) is 0.316. The zero-order valence-corrected chi connectivity index (χ0v) is 16.8. The van der Waals surface area contributed by atoms with E-state index in [-0.39, 0.29) is 11.8 Å². The topological polar surface area (TPSA) is 109 Å². The Morgan fingerprint density at radius 1 is 1.17 bits per heavy atom. The van der Waals surface area contributed by atoms with Crippen molar-refractivity contribution in [3.8, 4) is 0 Å². The van der Waals surface area contributed by atoms with Crippen molar-refractivity contribution in [1.82, 2.24) is 19.9 Å². The van der Waals surface area contributed by atoms with Gasteiger partial charge in [-0.2, -0.15) is 15.0 Å². The van der Waals surface area contributed by atoms with Crippen molar-refractivity contribution in [2.45, 2.75) is 26.7 Å². The Bertz CT molecular complexity index is 1030. The van der Waals surface area contributed by atoms with Crippen LogP contribution in [0.4, 0.5) is 23.6 Å². The second-order valence-electron chi connectivity index (χ2n) is 6.74. The summed E-state index contributed by atoms with van der Waals surface area (Å²) in [6.07, 6.45) is 3.58. The summed E-state index contributed by atoms with van der Waals surface area (Å²) in [5.41, 5.74) is 1.38. The number of carbonyl (C=O) groups excluding carboxylic acids is 1. The summed E-state index contributed by atoms with van der Waals surface area (Å²) in [4.78, 5) is 31.8. The minimum atomic E-state index is -0.452. The van der Waals surface area contributed by atoms with Crippen LogP contribution in [0.1, 0.15) is 34.8 Å². The van der Waals surface area contributed by atoms with E-state index in [0.717, 1.165) is 31.5 Å². The third kappa shape index (κ3) is 4.29. The molecule has 0 bridgehead atoms. The fourth-order valence-electron chi connectivity index (χ4n) is 3.08. The van der Waals surface area contributed by atoms with Crippen LogP contribution >= 0.6 is 11.6 Å². The zero-order valence-electron chi connectivity index (χ0n) is 16.1. The second-order valence-corrected chi connectivity index (χ2v) is 7.15. The second kappa shape index (κ2) is 8.04. The van der Waals surface area contributed by atoms with Crippen LogP contribution in [0.2, 0.25) is 5.02 Å². The molecule has 0 spiro atoms. The molecule has 3 aromatic rings. The summed E-state index contributed by atoms with van der Waals surface area (Å²) in [6, 6.07) is 5.50.